The number of benzene rings is 1. The number of amides is 2. The molecule has 2 amide bonds. The molecule has 2 aliphatic rings. The van der Waals surface area contributed by atoms with Gasteiger partial charge in [0.05, 0.1) is 36.4 Å². The maximum absolute atomic E-state index is 12.8. The van der Waals surface area contributed by atoms with Gasteiger partial charge in [-0.2, -0.15) is 0 Å². The number of nitrogens with zero attached hydrogens (tertiary/aromatic N) is 2. The summed E-state index contributed by atoms with van der Waals surface area (Å²) < 4.78 is 5.20. The van der Waals surface area contributed by atoms with E-state index in [1.807, 2.05) is 6.07 Å². The summed E-state index contributed by atoms with van der Waals surface area (Å²) in [4.78, 5) is 33.0. The first kappa shape index (κ1) is 20.5. The average Bonchev–Trinajstić information content (AvgIpc) is 3.13. The van der Waals surface area contributed by atoms with E-state index < -0.39 is 12.1 Å². The van der Waals surface area contributed by atoms with Crippen molar-refractivity contribution in [1.29, 1.82) is 0 Å². The summed E-state index contributed by atoms with van der Waals surface area (Å²) in [5.74, 6) is 0.192. The first-order chi connectivity index (χ1) is 14.5. The molecule has 1 aromatic carbocycles. The van der Waals surface area contributed by atoms with Crippen LogP contribution < -0.4 is 16.0 Å². The zero-order valence-electron chi connectivity index (χ0n) is 16.9. The zero-order valence-corrected chi connectivity index (χ0v) is 16.9. The van der Waals surface area contributed by atoms with Gasteiger partial charge in [-0.3, -0.25) is 9.59 Å². The van der Waals surface area contributed by atoms with Crippen molar-refractivity contribution in [2.24, 2.45) is 0 Å². The lowest BCUT2D eigenvalue weighted by Crippen LogP contribution is -2.42. The van der Waals surface area contributed by atoms with Gasteiger partial charge in [0.1, 0.15) is 0 Å². The Kier molecular flexibility index (Phi) is 6.10. The normalized spacial score (nSPS) is 26.3. The van der Waals surface area contributed by atoms with Crippen molar-refractivity contribution < 1.29 is 19.4 Å². The Morgan fingerprint density at radius 2 is 1.87 bits per heavy atom. The van der Waals surface area contributed by atoms with Crippen LogP contribution in [0.1, 0.15) is 43.0 Å². The van der Waals surface area contributed by atoms with Gasteiger partial charge in [-0.05, 0) is 31.7 Å². The monoisotopic (exact) mass is 413 g/mol. The number of anilines is 1. The fourth-order valence-corrected chi connectivity index (χ4v) is 4.09. The molecular weight excluding hydrogens is 386 g/mol. The molecule has 2 heterocycles. The van der Waals surface area contributed by atoms with Gasteiger partial charge in [-0.1, -0.05) is 12.1 Å². The molecule has 1 aromatic heterocycles. The van der Waals surface area contributed by atoms with E-state index >= 15 is 0 Å². The number of hydrogen-bond acceptors (Lipinski definition) is 7. The summed E-state index contributed by atoms with van der Waals surface area (Å²) in [6.07, 6.45) is 4.64. The number of nitrogens with one attached hydrogen (secondary N) is 3. The molecule has 1 aliphatic carbocycles. The lowest BCUT2D eigenvalue weighted by Gasteiger charge is -2.29. The highest BCUT2D eigenvalue weighted by molar-refractivity contribution is 6.05. The van der Waals surface area contributed by atoms with E-state index in [0.29, 0.717) is 23.6 Å². The topological polar surface area (TPSA) is 125 Å². The molecule has 1 aliphatic heterocycles. The fourth-order valence-electron chi connectivity index (χ4n) is 4.09. The zero-order chi connectivity index (χ0) is 21.1. The van der Waals surface area contributed by atoms with E-state index in [2.05, 4.69) is 25.9 Å². The quantitative estimate of drug-likeness (QED) is 0.576. The average molecular weight is 413 g/mol. The molecule has 1 saturated heterocycles. The van der Waals surface area contributed by atoms with Crippen molar-refractivity contribution in [2.75, 3.05) is 18.5 Å². The highest BCUT2D eigenvalue weighted by atomic mass is 16.5. The van der Waals surface area contributed by atoms with Crippen LogP contribution in [0.4, 0.5) is 5.95 Å². The van der Waals surface area contributed by atoms with Gasteiger partial charge in [0.2, 0.25) is 11.9 Å². The molecule has 0 unspecified atom stereocenters. The third-order valence-corrected chi connectivity index (χ3v) is 5.69. The molecule has 0 spiro atoms. The van der Waals surface area contributed by atoms with Crippen LogP contribution >= 0.6 is 0 Å². The maximum atomic E-state index is 12.8. The van der Waals surface area contributed by atoms with Crippen molar-refractivity contribution in [2.45, 2.75) is 56.8 Å². The van der Waals surface area contributed by atoms with Crippen molar-refractivity contribution in [3.8, 4) is 0 Å². The van der Waals surface area contributed by atoms with Gasteiger partial charge in [-0.25, -0.2) is 9.97 Å². The maximum Gasteiger partial charge on any atom is 0.253 e. The van der Waals surface area contributed by atoms with Gasteiger partial charge in [0.15, 0.2) is 0 Å². The van der Waals surface area contributed by atoms with Crippen molar-refractivity contribution in [3.63, 3.8) is 0 Å². The number of aliphatic hydroxyl groups excluding tert-OH is 1. The minimum Gasteiger partial charge on any atom is -0.388 e. The number of ether oxygens (including phenoxy) is 1. The lowest BCUT2D eigenvalue weighted by molar-refractivity contribution is -0.119. The predicted octanol–water partition coefficient (Wildman–Crippen LogP) is 0.978. The summed E-state index contributed by atoms with van der Waals surface area (Å²) in [5, 5.41) is 19.8. The molecule has 4 N–H and O–H groups in total. The minimum atomic E-state index is -0.705. The Labute approximate surface area is 174 Å². The third kappa shape index (κ3) is 4.68. The molecule has 2 atom stereocenters. The molecule has 9 heteroatoms. The molecule has 0 radical (unpaired) electrons. The first-order valence-corrected chi connectivity index (χ1v) is 10.4. The van der Waals surface area contributed by atoms with E-state index in [4.69, 9.17) is 4.74 Å². The summed E-state index contributed by atoms with van der Waals surface area (Å²) >= 11 is 0. The van der Waals surface area contributed by atoms with Crippen LogP contribution in [-0.4, -0.2) is 64.3 Å². The largest absolute Gasteiger partial charge is 0.388 e. The second kappa shape index (κ2) is 8.93. The number of carbonyl (C=O) groups excluding carboxylic acids is 2. The fraction of sp³-hybridized carbons (Fsp3) is 0.524. The van der Waals surface area contributed by atoms with Gasteiger partial charge >= 0.3 is 0 Å². The van der Waals surface area contributed by atoms with Crippen LogP contribution in [0.5, 0.6) is 0 Å². The predicted molar refractivity (Wildman–Crippen MR) is 111 cm³/mol. The summed E-state index contributed by atoms with van der Waals surface area (Å²) in [6.45, 7) is 2.06. The van der Waals surface area contributed by atoms with Crippen LogP contribution in [-0.2, 0) is 9.53 Å². The van der Waals surface area contributed by atoms with Gasteiger partial charge in [0.25, 0.3) is 5.91 Å². The van der Waals surface area contributed by atoms with Crippen molar-refractivity contribution >= 4 is 28.7 Å². The number of rotatable bonds is 5. The van der Waals surface area contributed by atoms with Gasteiger partial charge in [-0.15, -0.1) is 0 Å². The van der Waals surface area contributed by atoms with Crippen LogP contribution in [0, 0.1) is 0 Å². The van der Waals surface area contributed by atoms with E-state index in [9.17, 15) is 14.7 Å². The molecule has 0 bridgehead atoms. The molecule has 1 saturated carbocycles. The smallest absolute Gasteiger partial charge is 0.253 e. The second-order valence-electron chi connectivity index (χ2n) is 8.02. The van der Waals surface area contributed by atoms with Crippen molar-refractivity contribution in [3.05, 3.63) is 30.0 Å². The Morgan fingerprint density at radius 1 is 1.10 bits per heavy atom. The number of hydrogen-bond donors (Lipinski definition) is 4. The molecule has 30 heavy (non-hydrogen) atoms. The number of fused-ring (bicyclic) bond motifs is 1. The van der Waals surface area contributed by atoms with Crippen molar-refractivity contribution in [1.82, 2.24) is 20.6 Å². The van der Waals surface area contributed by atoms with E-state index in [-0.39, 0.29) is 30.5 Å². The molecule has 4 rings (SSSR count). The molecule has 2 aromatic rings. The van der Waals surface area contributed by atoms with Crippen LogP contribution in [0.25, 0.3) is 10.9 Å². The standard InChI is InChI=1S/C21H27N5O4/c1-12(27)23-14-5-7-15(8-6-14)24-21-22-9-13-3-2-4-16(19(13)26-21)20(29)25-17-10-30-11-18(17)28/h2-4,9,14-15,17-18,28H,5-8,10-11H2,1H3,(H,23,27)(H,25,29)(H,22,24,26)/t14?,15?,17-,18-/m1/s1. The van der Waals surface area contributed by atoms with Crippen LogP contribution in [0.2, 0.25) is 0 Å². The summed E-state index contributed by atoms with van der Waals surface area (Å²) in [7, 11) is 0. The highest BCUT2D eigenvalue weighted by Crippen LogP contribution is 2.23. The third-order valence-electron chi connectivity index (χ3n) is 5.69. The molecule has 160 valence electrons. The molecule has 9 nitrogen and oxygen atoms in total. The highest BCUT2D eigenvalue weighted by Gasteiger charge is 2.28. The Balaban J connectivity index is 1.46. The number of para-hydroxylation sites is 1. The van der Waals surface area contributed by atoms with Gasteiger partial charge in [0, 0.05) is 30.6 Å². The Bertz CT molecular complexity index is 929. The number of aromatic nitrogens is 2. The number of carbonyl (C=O) groups is 2. The first-order valence-electron chi connectivity index (χ1n) is 10.4. The lowest BCUT2D eigenvalue weighted by atomic mass is 9.91. The van der Waals surface area contributed by atoms with E-state index in [1.54, 1.807) is 25.3 Å². The molecular formula is C21H27N5O4. The summed E-state index contributed by atoms with van der Waals surface area (Å²) in [5.41, 5.74) is 0.999. The SMILES string of the molecule is CC(=O)NC1CCC(Nc2ncc3cccc(C(=O)N[C@@H]4COC[C@H]4O)c3n2)CC1. The van der Waals surface area contributed by atoms with E-state index in [1.165, 1.54) is 0 Å². The number of aliphatic hydroxyl groups is 1. The Hall–Kier alpha value is -2.78. The summed E-state index contributed by atoms with van der Waals surface area (Å²) in [6, 6.07) is 5.39. The minimum absolute atomic E-state index is 0.00626. The van der Waals surface area contributed by atoms with E-state index in [0.717, 1.165) is 31.1 Å². The molecule has 2 fully saturated rings. The van der Waals surface area contributed by atoms with Gasteiger partial charge < -0.3 is 25.8 Å². The van der Waals surface area contributed by atoms with Crippen LogP contribution in [0.15, 0.2) is 24.4 Å². The second-order valence-corrected chi connectivity index (χ2v) is 8.02. The Morgan fingerprint density at radius 3 is 2.57 bits per heavy atom. The van der Waals surface area contributed by atoms with Crippen LogP contribution in [0.3, 0.4) is 0 Å².